The highest BCUT2D eigenvalue weighted by molar-refractivity contribution is 6.30. The molecule has 1 aliphatic heterocycles. The van der Waals surface area contributed by atoms with E-state index in [2.05, 4.69) is 17.9 Å². The van der Waals surface area contributed by atoms with Crippen molar-refractivity contribution in [1.29, 1.82) is 0 Å². The molecule has 0 spiro atoms. The Morgan fingerprint density at radius 1 is 1.33 bits per heavy atom. The van der Waals surface area contributed by atoms with E-state index in [9.17, 15) is 0 Å². The lowest BCUT2D eigenvalue weighted by Gasteiger charge is -2.40. The number of likely N-dealkylation sites (N-methyl/N-ethyl adjacent to an activating group) is 1. The molecule has 1 aromatic rings. The quantitative estimate of drug-likeness (QED) is 0.906. The third-order valence-electron chi connectivity index (χ3n) is 5.15. The molecule has 0 saturated heterocycles. The molecule has 3 rings (SSSR count). The van der Waals surface area contributed by atoms with Gasteiger partial charge in [-0.2, -0.15) is 0 Å². The van der Waals surface area contributed by atoms with Gasteiger partial charge in [-0.25, -0.2) is 0 Å². The molecular formula is C17H25ClN2O. The molecule has 2 aliphatic rings. The molecule has 0 radical (unpaired) electrons. The maximum absolute atomic E-state index is 6.28. The van der Waals surface area contributed by atoms with Gasteiger partial charge in [0.25, 0.3) is 0 Å². The van der Waals surface area contributed by atoms with Crippen LogP contribution in [-0.4, -0.2) is 30.1 Å². The molecule has 1 heterocycles. The van der Waals surface area contributed by atoms with Gasteiger partial charge in [-0.1, -0.05) is 31.4 Å². The van der Waals surface area contributed by atoms with Gasteiger partial charge in [-0.05, 0) is 37.1 Å². The number of nitrogens with two attached hydrogens (primary N) is 1. The van der Waals surface area contributed by atoms with Crippen LogP contribution in [0.4, 0.5) is 0 Å². The predicted molar refractivity (Wildman–Crippen MR) is 87.0 cm³/mol. The summed E-state index contributed by atoms with van der Waals surface area (Å²) in [6, 6.07) is 4.10. The normalized spacial score (nSPS) is 19.8. The molecule has 21 heavy (non-hydrogen) atoms. The van der Waals surface area contributed by atoms with Crippen molar-refractivity contribution >= 4 is 11.6 Å². The molecular weight excluding hydrogens is 284 g/mol. The summed E-state index contributed by atoms with van der Waals surface area (Å²) >= 11 is 6.28. The van der Waals surface area contributed by atoms with Crippen molar-refractivity contribution < 1.29 is 4.74 Å². The number of halogens is 1. The molecule has 1 saturated carbocycles. The Kier molecular flexibility index (Phi) is 4.43. The predicted octanol–water partition coefficient (Wildman–Crippen LogP) is 3.37. The van der Waals surface area contributed by atoms with Crippen LogP contribution in [0.15, 0.2) is 12.1 Å². The third kappa shape index (κ3) is 2.79. The first kappa shape index (κ1) is 15.1. The molecule has 1 aromatic carbocycles. The zero-order chi connectivity index (χ0) is 14.9. The maximum Gasteiger partial charge on any atom is 0.127 e. The van der Waals surface area contributed by atoms with Crippen LogP contribution in [0, 0.1) is 0 Å². The number of fused-ring (bicyclic) bond motifs is 1. The fraction of sp³-hybridized carbons (Fsp3) is 0.647. The second-order valence-corrected chi connectivity index (χ2v) is 6.74. The van der Waals surface area contributed by atoms with E-state index in [-0.39, 0.29) is 5.54 Å². The Balaban J connectivity index is 1.88. The number of ether oxygens (including phenoxy) is 1. The highest BCUT2D eigenvalue weighted by Crippen LogP contribution is 2.38. The third-order valence-corrected chi connectivity index (χ3v) is 5.37. The van der Waals surface area contributed by atoms with Gasteiger partial charge in [-0.3, -0.25) is 4.90 Å². The topological polar surface area (TPSA) is 38.5 Å². The average Bonchev–Trinajstić information content (AvgIpc) is 3.13. The average molecular weight is 309 g/mol. The summed E-state index contributed by atoms with van der Waals surface area (Å²) < 4.78 is 5.84. The summed E-state index contributed by atoms with van der Waals surface area (Å²) in [4.78, 5) is 2.54. The summed E-state index contributed by atoms with van der Waals surface area (Å²) in [7, 11) is 0. The molecule has 0 atom stereocenters. The van der Waals surface area contributed by atoms with Crippen molar-refractivity contribution in [2.24, 2.45) is 5.73 Å². The first-order chi connectivity index (χ1) is 10.2. The van der Waals surface area contributed by atoms with E-state index in [1.54, 1.807) is 0 Å². The summed E-state index contributed by atoms with van der Waals surface area (Å²) in [6.07, 6.45) is 5.97. The summed E-state index contributed by atoms with van der Waals surface area (Å²) in [6.45, 7) is 5.64. The first-order valence-corrected chi connectivity index (χ1v) is 8.45. The largest absolute Gasteiger partial charge is 0.493 e. The Hall–Kier alpha value is -0.770. The SMILES string of the molecule is CCN(Cc1cc(Cl)cc2c1OCC2)C1(CN)CCCC1. The Labute approximate surface area is 132 Å². The van der Waals surface area contributed by atoms with Crippen LogP contribution in [0.3, 0.4) is 0 Å². The summed E-state index contributed by atoms with van der Waals surface area (Å²) in [5.74, 6) is 1.06. The standard InChI is InChI=1S/C17H25ClN2O/c1-2-20(17(12-19)6-3-4-7-17)11-14-10-15(18)9-13-5-8-21-16(13)14/h9-10H,2-8,11-12,19H2,1H3. The van der Waals surface area contributed by atoms with Crippen molar-refractivity contribution in [2.75, 3.05) is 19.7 Å². The molecule has 3 nitrogen and oxygen atoms in total. The van der Waals surface area contributed by atoms with E-state index < -0.39 is 0 Å². The van der Waals surface area contributed by atoms with E-state index in [1.807, 2.05) is 6.07 Å². The van der Waals surface area contributed by atoms with Gasteiger partial charge < -0.3 is 10.5 Å². The van der Waals surface area contributed by atoms with E-state index in [0.29, 0.717) is 0 Å². The summed E-state index contributed by atoms with van der Waals surface area (Å²) in [5, 5.41) is 0.818. The van der Waals surface area contributed by atoms with Crippen molar-refractivity contribution in [1.82, 2.24) is 4.90 Å². The van der Waals surface area contributed by atoms with E-state index in [1.165, 1.54) is 36.8 Å². The van der Waals surface area contributed by atoms with Crippen LogP contribution >= 0.6 is 11.6 Å². The van der Waals surface area contributed by atoms with Crippen LogP contribution in [0.25, 0.3) is 0 Å². The number of benzene rings is 1. The lowest BCUT2D eigenvalue weighted by Crippen LogP contribution is -2.51. The highest BCUT2D eigenvalue weighted by atomic mass is 35.5. The van der Waals surface area contributed by atoms with Gasteiger partial charge in [-0.15, -0.1) is 0 Å². The zero-order valence-electron chi connectivity index (χ0n) is 12.8. The molecule has 0 aromatic heterocycles. The fourth-order valence-corrected chi connectivity index (χ4v) is 4.23. The molecule has 116 valence electrons. The van der Waals surface area contributed by atoms with Crippen LogP contribution in [-0.2, 0) is 13.0 Å². The highest BCUT2D eigenvalue weighted by Gasteiger charge is 2.38. The van der Waals surface area contributed by atoms with Gasteiger partial charge in [0.15, 0.2) is 0 Å². The van der Waals surface area contributed by atoms with Crippen molar-refractivity contribution in [3.63, 3.8) is 0 Å². The summed E-state index contributed by atoms with van der Waals surface area (Å²) in [5.41, 5.74) is 8.78. The molecule has 1 aliphatic carbocycles. The van der Waals surface area contributed by atoms with Crippen LogP contribution in [0.5, 0.6) is 5.75 Å². The second-order valence-electron chi connectivity index (χ2n) is 6.30. The van der Waals surface area contributed by atoms with E-state index in [0.717, 1.165) is 43.4 Å². The number of hydrogen-bond donors (Lipinski definition) is 1. The number of nitrogens with zero attached hydrogens (tertiary/aromatic N) is 1. The lowest BCUT2D eigenvalue weighted by atomic mass is 9.94. The monoisotopic (exact) mass is 308 g/mol. The van der Waals surface area contributed by atoms with Crippen molar-refractivity contribution in [2.45, 2.75) is 51.1 Å². The molecule has 4 heteroatoms. The van der Waals surface area contributed by atoms with Crippen molar-refractivity contribution in [3.05, 3.63) is 28.3 Å². The Bertz CT molecular complexity index is 512. The fourth-order valence-electron chi connectivity index (χ4n) is 3.97. The van der Waals surface area contributed by atoms with E-state index >= 15 is 0 Å². The lowest BCUT2D eigenvalue weighted by molar-refractivity contribution is 0.0960. The Morgan fingerprint density at radius 3 is 2.76 bits per heavy atom. The Morgan fingerprint density at radius 2 is 2.10 bits per heavy atom. The van der Waals surface area contributed by atoms with E-state index in [4.69, 9.17) is 22.1 Å². The van der Waals surface area contributed by atoms with Crippen LogP contribution in [0.2, 0.25) is 5.02 Å². The molecule has 0 amide bonds. The minimum Gasteiger partial charge on any atom is -0.493 e. The van der Waals surface area contributed by atoms with Gasteiger partial charge in [0.05, 0.1) is 6.61 Å². The van der Waals surface area contributed by atoms with Gasteiger partial charge in [0.1, 0.15) is 5.75 Å². The minimum absolute atomic E-state index is 0.169. The van der Waals surface area contributed by atoms with Gasteiger partial charge in [0, 0.05) is 35.6 Å². The zero-order valence-corrected chi connectivity index (χ0v) is 13.6. The van der Waals surface area contributed by atoms with Gasteiger partial charge in [0.2, 0.25) is 0 Å². The second kappa shape index (κ2) is 6.15. The number of hydrogen-bond acceptors (Lipinski definition) is 3. The van der Waals surface area contributed by atoms with Crippen LogP contribution < -0.4 is 10.5 Å². The molecule has 1 fully saturated rings. The molecule has 0 bridgehead atoms. The first-order valence-electron chi connectivity index (χ1n) is 8.08. The minimum atomic E-state index is 0.169. The van der Waals surface area contributed by atoms with Crippen LogP contribution in [0.1, 0.15) is 43.7 Å². The number of rotatable bonds is 5. The molecule has 0 unspecified atom stereocenters. The molecule has 2 N–H and O–H groups in total. The smallest absolute Gasteiger partial charge is 0.127 e. The maximum atomic E-state index is 6.28. The van der Waals surface area contributed by atoms with Gasteiger partial charge >= 0.3 is 0 Å². The van der Waals surface area contributed by atoms with Crippen molar-refractivity contribution in [3.8, 4) is 5.75 Å².